The van der Waals surface area contributed by atoms with Gasteiger partial charge in [-0.2, -0.15) is 0 Å². The number of rotatable bonds is 4. The van der Waals surface area contributed by atoms with E-state index >= 15 is 0 Å². The van der Waals surface area contributed by atoms with E-state index in [1.54, 1.807) is 11.3 Å². The fraction of sp³-hybridized carbons (Fsp3) is 0.0667. The molecule has 2 aromatic heterocycles. The Hall–Kier alpha value is -1.76. The maximum Gasteiger partial charge on any atom is 0.230 e. The summed E-state index contributed by atoms with van der Waals surface area (Å²) < 4.78 is 13.6. The molecule has 0 saturated heterocycles. The van der Waals surface area contributed by atoms with Gasteiger partial charge in [0.05, 0.1) is 22.7 Å². The van der Waals surface area contributed by atoms with Crippen LogP contribution in [0.1, 0.15) is 5.69 Å². The third-order valence-electron chi connectivity index (χ3n) is 2.83. The van der Waals surface area contributed by atoms with Crippen molar-refractivity contribution in [3.8, 4) is 9.88 Å². The first-order valence-corrected chi connectivity index (χ1v) is 8.49. The lowest BCUT2D eigenvalue weighted by Crippen LogP contribution is -2.15. The first-order valence-electron chi connectivity index (χ1n) is 6.35. The highest BCUT2D eigenvalue weighted by Gasteiger charge is 2.11. The van der Waals surface area contributed by atoms with Gasteiger partial charge in [0.25, 0.3) is 0 Å². The monoisotopic (exact) mass is 352 g/mol. The molecule has 0 saturated carbocycles. The Labute approximate surface area is 139 Å². The van der Waals surface area contributed by atoms with Gasteiger partial charge in [0.15, 0.2) is 0 Å². The standard InChI is InChI=1S/C15H10ClFN2OS2/c16-9-3-4-12(11(17)6-9)19-14(20)7-10-8-22-15(18-10)13-2-1-5-21-13/h1-6,8H,7H2,(H,19,20). The van der Waals surface area contributed by atoms with Crippen molar-refractivity contribution in [2.24, 2.45) is 0 Å². The minimum Gasteiger partial charge on any atom is -0.323 e. The second-order valence-electron chi connectivity index (χ2n) is 4.47. The minimum atomic E-state index is -0.557. The number of amides is 1. The number of benzene rings is 1. The van der Waals surface area contributed by atoms with Crippen LogP contribution in [0.15, 0.2) is 41.1 Å². The Morgan fingerprint density at radius 1 is 1.32 bits per heavy atom. The zero-order valence-electron chi connectivity index (χ0n) is 11.2. The number of carbonyl (C=O) groups excluding carboxylic acids is 1. The van der Waals surface area contributed by atoms with Gasteiger partial charge < -0.3 is 5.32 Å². The molecule has 0 aliphatic rings. The lowest BCUT2D eigenvalue weighted by molar-refractivity contribution is -0.115. The first kappa shape index (κ1) is 15.1. The van der Waals surface area contributed by atoms with Crippen molar-refractivity contribution in [2.45, 2.75) is 6.42 Å². The summed E-state index contributed by atoms with van der Waals surface area (Å²) >= 11 is 8.76. The van der Waals surface area contributed by atoms with Crippen LogP contribution >= 0.6 is 34.3 Å². The quantitative estimate of drug-likeness (QED) is 0.729. The minimum absolute atomic E-state index is 0.101. The number of aromatic nitrogens is 1. The molecule has 1 amide bonds. The summed E-state index contributed by atoms with van der Waals surface area (Å²) in [5, 5.41) is 7.52. The summed E-state index contributed by atoms with van der Waals surface area (Å²) in [6, 6.07) is 8.06. The van der Waals surface area contributed by atoms with Crippen molar-refractivity contribution in [3.05, 3.63) is 57.6 Å². The van der Waals surface area contributed by atoms with Gasteiger partial charge in [-0.1, -0.05) is 17.7 Å². The summed E-state index contributed by atoms with van der Waals surface area (Å²) in [5.74, 6) is -0.873. The Morgan fingerprint density at radius 2 is 2.18 bits per heavy atom. The zero-order chi connectivity index (χ0) is 15.5. The molecular formula is C15H10ClFN2OS2. The molecule has 22 heavy (non-hydrogen) atoms. The Morgan fingerprint density at radius 3 is 2.91 bits per heavy atom. The summed E-state index contributed by atoms with van der Waals surface area (Å²) in [5.41, 5.74) is 0.781. The number of thiazole rings is 1. The van der Waals surface area contributed by atoms with Crippen molar-refractivity contribution in [2.75, 3.05) is 5.32 Å². The highest BCUT2D eigenvalue weighted by atomic mass is 35.5. The second kappa shape index (κ2) is 6.56. The number of anilines is 1. The fourth-order valence-electron chi connectivity index (χ4n) is 1.85. The number of thiophene rings is 1. The number of nitrogens with zero attached hydrogens (tertiary/aromatic N) is 1. The van der Waals surface area contributed by atoms with E-state index in [1.165, 1.54) is 23.5 Å². The van der Waals surface area contributed by atoms with Gasteiger partial charge in [0, 0.05) is 10.4 Å². The van der Waals surface area contributed by atoms with Gasteiger partial charge in [-0.05, 0) is 29.6 Å². The number of carbonyl (C=O) groups is 1. The summed E-state index contributed by atoms with van der Waals surface area (Å²) in [4.78, 5) is 17.5. The molecule has 1 aromatic carbocycles. The van der Waals surface area contributed by atoms with Crippen molar-refractivity contribution in [3.63, 3.8) is 0 Å². The topological polar surface area (TPSA) is 42.0 Å². The Balaban J connectivity index is 1.67. The molecule has 0 aliphatic carbocycles. The third kappa shape index (κ3) is 3.52. The molecule has 1 N–H and O–H groups in total. The van der Waals surface area contributed by atoms with E-state index in [1.807, 2.05) is 22.9 Å². The molecule has 3 rings (SSSR count). The van der Waals surface area contributed by atoms with Crippen LogP contribution in [0, 0.1) is 5.82 Å². The van der Waals surface area contributed by atoms with E-state index in [9.17, 15) is 9.18 Å². The number of halogens is 2. The smallest absolute Gasteiger partial charge is 0.230 e. The number of hydrogen-bond acceptors (Lipinski definition) is 4. The van der Waals surface area contributed by atoms with Gasteiger partial charge in [0.2, 0.25) is 5.91 Å². The highest BCUT2D eigenvalue weighted by molar-refractivity contribution is 7.20. The molecular weight excluding hydrogens is 343 g/mol. The molecule has 0 radical (unpaired) electrons. The molecule has 2 heterocycles. The van der Waals surface area contributed by atoms with Crippen LogP contribution in [0.5, 0.6) is 0 Å². The summed E-state index contributed by atoms with van der Waals surface area (Å²) in [7, 11) is 0. The lowest BCUT2D eigenvalue weighted by Gasteiger charge is -2.05. The first-order chi connectivity index (χ1) is 10.6. The average molecular weight is 353 g/mol. The Bertz CT molecular complexity index is 802. The largest absolute Gasteiger partial charge is 0.323 e. The summed E-state index contributed by atoms with van der Waals surface area (Å²) in [6.45, 7) is 0. The van der Waals surface area contributed by atoms with E-state index < -0.39 is 5.82 Å². The van der Waals surface area contributed by atoms with Gasteiger partial charge in [-0.25, -0.2) is 9.37 Å². The number of nitrogens with one attached hydrogen (secondary N) is 1. The Kier molecular flexibility index (Phi) is 4.52. The molecule has 0 bridgehead atoms. The molecule has 0 spiro atoms. The van der Waals surface area contributed by atoms with Gasteiger partial charge >= 0.3 is 0 Å². The highest BCUT2D eigenvalue weighted by Crippen LogP contribution is 2.28. The van der Waals surface area contributed by atoms with Crippen molar-refractivity contribution >= 4 is 45.9 Å². The molecule has 0 atom stereocenters. The maximum atomic E-state index is 13.6. The van der Waals surface area contributed by atoms with Crippen molar-refractivity contribution in [1.29, 1.82) is 0 Å². The van der Waals surface area contributed by atoms with Crippen LogP contribution in [-0.2, 0) is 11.2 Å². The van der Waals surface area contributed by atoms with E-state index in [-0.39, 0.29) is 23.0 Å². The normalized spacial score (nSPS) is 10.6. The van der Waals surface area contributed by atoms with E-state index in [2.05, 4.69) is 10.3 Å². The molecule has 3 nitrogen and oxygen atoms in total. The molecule has 0 fully saturated rings. The lowest BCUT2D eigenvalue weighted by atomic mass is 10.2. The molecule has 0 aliphatic heterocycles. The van der Waals surface area contributed by atoms with Crippen LogP contribution in [0.4, 0.5) is 10.1 Å². The van der Waals surface area contributed by atoms with Gasteiger partial charge in [0.1, 0.15) is 10.8 Å². The van der Waals surface area contributed by atoms with Crippen LogP contribution in [0.25, 0.3) is 9.88 Å². The zero-order valence-corrected chi connectivity index (χ0v) is 13.6. The van der Waals surface area contributed by atoms with Crippen LogP contribution in [-0.4, -0.2) is 10.9 Å². The predicted octanol–water partition coefficient (Wildman–Crippen LogP) is 4.85. The maximum absolute atomic E-state index is 13.6. The third-order valence-corrected chi connectivity index (χ3v) is 5.00. The molecule has 3 aromatic rings. The van der Waals surface area contributed by atoms with Gasteiger partial charge in [-0.15, -0.1) is 22.7 Å². The van der Waals surface area contributed by atoms with Crippen molar-refractivity contribution in [1.82, 2.24) is 4.98 Å². The van der Waals surface area contributed by atoms with Crippen LogP contribution in [0.2, 0.25) is 5.02 Å². The molecule has 7 heteroatoms. The van der Waals surface area contributed by atoms with E-state index in [0.29, 0.717) is 5.69 Å². The fourth-order valence-corrected chi connectivity index (χ4v) is 3.64. The molecule has 0 unspecified atom stereocenters. The van der Waals surface area contributed by atoms with Crippen LogP contribution < -0.4 is 5.32 Å². The molecule has 112 valence electrons. The SMILES string of the molecule is O=C(Cc1csc(-c2cccs2)n1)Nc1ccc(Cl)cc1F. The number of hydrogen-bond donors (Lipinski definition) is 1. The van der Waals surface area contributed by atoms with Crippen molar-refractivity contribution < 1.29 is 9.18 Å². The van der Waals surface area contributed by atoms with E-state index in [4.69, 9.17) is 11.6 Å². The van der Waals surface area contributed by atoms with Gasteiger partial charge in [-0.3, -0.25) is 4.79 Å². The second-order valence-corrected chi connectivity index (χ2v) is 6.71. The average Bonchev–Trinajstić information content (AvgIpc) is 3.12. The van der Waals surface area contributed by atoms with Crippen LogP contribution in [0.3, 0.4) is 0 Å². The predicted molar refractivity (Wildman–Crippen MR) is 89.2 cm³/mol. The van der Waals surface area contributed by atoms with E-state index in [0.717, 1.165) is 16.0 Å². The summed E-state index contributed by atoms with van der Waals surface area (Å²) in [6.07, 6.45) is 0.101.